The SMILES string of the molecule is O[C@]1(COc2ccccc2)CCCN(Cc2cccc(OCCN3CCCC3)c2)C1. The van der Waals surface area contributed by atoms with Crippen LogP contribution in [0, 0.1) is 0 Å². The second-order valence-electron chi connectivity index (χ2n) is 8.68. The minimum atomic E-state index is -0.808. The number of nitrogens with zero attached hydrogens (tertiary/aromatic N) is 2. The second kappa shape index (κ2) is 10.3. The van der Waals surface area contributed by atoms with Crippen molar-refractivity contribution in [3.05, 3.63) is 60.2 Å². The van der Waals surface area contributed by atoms with Crippen LogP contribution in [0.25, 0.3) is 0 Å². The average Bonchev–Trinajstić information content (AvgIpc) is 3.27. The van der Waals surface area contributed by atoms with Gasteiger partial charge in [0.15, 0.2) is 0 Å². The molecule has 0 spiro atoms. The van der Waals surface area contributed by atoms with E-state index in [1.54, 1.807) is 0 Å². The van der Waals surface area contributed by atoms with Crippen molar-refractivity contribution in [2.45, 2.75) is 37.8 Å². The summed E-state index contributed by atoms with van der Waals surface area (Å²) < 4.78 is 11.8. The van der Waals surface area contributed by atoms with E-state index in [9.17, 15) is 5.11 Å². The van der Waals surface area contributed by atoms with Gasteiger partial charge in [0, 0.05) is 19.6 Å². The normalized spacial score (nSPS) is 22.8. The molecule has 0 aromatic heterocycles. The van der Waals surface area contributed by atoms with Crippen LogP contribution >= 0.6 is 0 Å². The van der Waals surface area contributed by atoms with Gasteiger partial charge in [-0.1, -0.05) is 30.3 Å². The summed E-state index contributed by atoms with van der Waals surface area (Å²) in [5.41, 5.74) is 0.416. The van der Waals surface area contributed by atoms with Crippen LogP contribution in [0.2, 0.25) is 0 Å². The first-order valence-corrected chi connectivity index (χ1v) is 11.3. The van der Waals surface area contributed by atoms with Gasteiger partial charge < -0.3 is 14.6 Å². The van der Waals surface area contributed by atoms with Gasteiger partial charge in [0.1, 0.15) is 30.3 Å². The molecule has 0 unspecified atom stereocenters. The van der Waals surface area contributed by atoms with Gasteiger partial charge in [-0.2, -0.15) is 0 Å². The van der Waals surface area contributed by atoms with Crippen LogP contribution in [0.1, 0.15) is 31.2 Å². The van der Waals surface area contributed by atoms with Gasteiger partial charge in [-0.3, -0.25) is 9.80 Å². The zero-order chi connectivity index (χ0) is 20.7. The van der Waals surface area contributed by atoms with Crippen molar-refractivity contribution in [1.82, 2.24) is 9.80 Å². The molecule has 30 heavy (non-hydrogen) atoms. The summed E-state index contributed by atoms with van der Waals surface area (Å²) in [5.74, 6) is 1.74. The summed E-state index contributed by atoms with van der Waals surface area (Å²) in [6.07, 6.45) is 4.37. The van der Waals surface area contributed by atoms with Crippen LogP contribution in [0.5, 0.6) is 11.5 Å². The Hall–Kier alpha value is -2.08. The van der Waals surface area contributed by atoms with Crippen LogP contribution in [-0.2, 0) is 6.54 Å². The van der Waals surface area contributed by atoms with Crippen molar-refractivity contribution < 1.29 is 14.6 Å². The van der Waals surface area contributed by atoms with E-state index in [1.807, 2.05) is 36.4 Å². The number of piperidine rings is 1. The molecule has 162 valence electrons. The first-order valence-electron chi connectivity index (χ1n) is 11.3. The fourth-order valence-electron chi connectivity index (χ4n) is 4.48. The number of hydrogen-bond donors (Lipinski definition) is 1. The molecule has 0 aliphatic carbocycles. The lowest BCUT2D eigenvalue weighted by atomic mass is 9.93. The molecular weight excluding hydrogens is 376 g/mol. The molecule has 4 rings (SSSR count). The van der Waals surface area contributed by atoms with E-state index in [0.717, 1.165) is 50.6 Å². The molecule has 0 radical (unpaired) electrons. The number of likely N-dealkylation sites (tertiary alicyclic amines) is 2. The number of aliphatic hydroxyl groups is 1. The predicted molar refractivity (Wildman–Crippen MR) is 119 cm³/mol. The number of para-hydroxylation sites is 1. The Labute approximate surface area is 180 Å². The summed E-state index contributed by atoms with van der Waals surface area (Å²) in [4.78, 5) is 4.79. The molecule has 2 saturated heterocycles. The minimum absolute atomic E-state index is 0.327. The fourth-order valence-corrected chi connectivity index (χ4v) is 4.48. The van der Waals surface area contributed by atoms with Crippen LogP contribution in [-0.4, -0.2) is 66.4 Å². The third-order valence-electron chi connectivity index (χ3n) is 6.06. The van der Waals surface area contributed by atoms with E-state index < -0.39 is 5.60 Å². The van der Waals surface area contributed by atoms with Crippen molar-refractivity contribution in [3.8, 4) is 11.5 Å². The van der Waals surface area contributed by atoms with Gasteiger partial charge in [0.05, 0.1) is 0 Å². The van der Waals surface area contributed by atoms with Crippen LogP contribution in [0.15, 0.2) is 54.6 Å². The van der Waals surface area contributed by atoms with Gasteiger partial charge in [0.25, 0.3) is 0 Å². The highest BCUT2D eigenvalue weighted by Gasteiger charge is 2.34. The Morgan fingerprint density at radius 3 is 2.43 bits per heavy atom. The monoisotopic (exact) mass is 410 g/mol. The van der Waals surface area contributed by atoms with E-state index in [0.29, 0.717) is 13.2 Å². The summed E-state index contributed by atoms with van der Waals surface area (Å²) in [7, 11) is 0. The second-order valence-corrected chi connectivity index (χ2v) is 8.68. The number of hydrogen-bond acceptors (Lipinski definition) is 5. The molecule has 2 aliphatic heterocycles. The van der Waals surface area contributed by atoms with Gasteiger partial charge in [-0.15, -0.1) is 0 Å². The first-order chi connectivity index (χ1) is 14.7. The van der Waals surface area contributed by atoms with Crippen molar-refractivity contribution in [2.24, 2.45) is 0 Å². The van der Waals surface area contributed by atoms with E-state index in [4.69, 9.17) is 9.47 Å². The summed E-state index contributed by atoms with van der Waals surface area (Å²) in [5, 5.41) is 11.1. The van der Waals surface area contributed by atoms with Crippen LogP contribution in [0.4, 0.5) is 0 Å². The predicted octanol–water partition coefficient (Wildman–Crippen LogP) is 3.57. The smallest absolute Gasteiger partial charge is 0.119 e. The zero-order valence-electron chi connectivity index (χ0n) is 17.8. The number of ether oxygens (including phenoxy) is 2. The van der Waals surface area contributed by atoms with Crippen molar-refractivity contribution in [3.63, 3.8) is 0 Å². The molecule has 2 fully saturated rings. The van der Waals surface area contributed by atoms with Crippen molar-refractivity contribution in [2.75, 3.05) is 45.9 Å². The topological polar surface area (TPSA) is 45.2 Å². The lowest BCUT2D eigenvalue weighted by Gasteiger charge is -2.39. The summed E-state index contributed by atoms with van der Waals surface area (Å²) >= 11 is 0. The minimum Gasteiger partial charge on any atom is -0.492 e. The highest BCUT2D eigenvalue weighted by molar-refractivity contribution is 5.28. The summed E-state index contributed by atoms with van der Waals surface area (Å²) in [6, 6.07) is 18.1. The Morgan fingerprint density at radius 2 is 1.60 bits per heavy atom. The Morgan fingerprint density at radius 1 is 0.833 bits per heavy atom. The number of rotatable bonds is 9. The Balaban J connectivity index is 1.26. The van der Waals surface area contributed by atoms with E-state index in [-0.39, 0.29) is 0 Å². The molecule has 1 N–H and O–H groups in total. The molecule has 2 heterocycles. The van der Waals surface area contributed by atoms with Crippen LogP contribution in [0.3, 0.4) is 0 Å². The standard InChI is InChI=1S/C25H34N2O3/c28-25(21-30-23-9-2-1-3-10-23)12-7-15-27(20-25)19-22-8-6-11-24(18-22)29-17-16-26-13-4-5-14-26/h1-3,6,8-11,18,28H,4-5,7,12-17,19-21H2/t25-/m1/s1. The van der Waals surface area contributed by atoms with Gasteiger partial charge >= 0.3 is 0 Å². The highest BCUT2D eigenvalue weighted by atomic mass is 16.5. The third-order valence-corrected chi connectivity index (χ3v) is 6.06. The maximum atomic E-state index is 11.1. The summed E-state index contributed by atoms with van der Waals surface area (Å²) in [6.45, 7) is 6.91. The first kappa shape index (κ1) is 21.2. The molecule has 0 amide bonds. The fraction of sp³-hybridized carbons (Fsp3) is 0.520. The number of β-amino-alcohol motifs (C(OH)–C–C–N with tert-alkyl or cyclic N) is 1. The maximum Gasteiger partial charge on any atom is 0.119 e. The molecule has 5 heteroatoms. The van der Waals surface area contributed by atoms with Gasteiger partial charge in [-0.25, -0.2) is 0 Å². The molecule has 1 atom stereocenters. The third kappa shape index (κ3) is 6.21. The van der Waals surface area contributed by atoms with E-state index >= 15 is 0 Å². The van der Waals surface area contributed by atoms with E-state index in [2.05, 4.69) is 28.0 Å². The molecule has 0 bridgehead atoms. The molecule has 2 aromatic carbocycles. The van der Waals surface area contributed by atoms with Gasteiger partial charge in [0.2, 0.25) is 0 Å². The molecule has 2 aliphatic rings. The molecule has 2 aromatic rings. The molecule has 0 saturated carbocycles. The van der Waals surface area contributed by atoms with Gasteiger partial charge in [-0.05, 0) is 75.1 Å². The maximum absolute atomic E-state index is 11.1. The van der Waals surface area contributed by atoms with Crippen LogP contribution < -0.4 is 9.47 Å². The zero-order valence-corrected chi connectivity index (χ0v) is 17.8. The Kier molecular flexibility index (Phi) is 7.26. The average molecular weight is 411 g/mol. The van der Waals surface area contributed by atoms with Crippen molar-refractivity contribution >= 4 is 0 Å². The van der Waals surface area contributed by atoms with Crippen molar-refractivity contribution in [1.29, 1.82) is 0 Å². The molecule has 5 nitrogen and oxygen atoms in total. The lowest BCUT2D eigenvalue weighted by molar-refractivity contribution is -0.0621. The van der Waals surface area contributed by atoms with E-state index in [1.165, 1.54) is 31.5 Å². The largest absolute Gasteiger partial charge is 0.492 e. The lowest BCUT2D eigenvalue weighted by Crippen LogP contribution is -2.51. The number of benzene rings is 2. The molecular formula is C25H34N2O3. The Bertz CT molecular complexity index is 779. The quantitative estimate of drug-likeness (QED) is 0.685. The highest BCUT2D eigenvalue weighted by Crippen LogP contribution is 2.25.